The van der Waals surface area contributed by atoms with Crippen LogP contribution in [-0.2, 0) is 11.2 Å². The van der Waals surface area contributed by atoms with Crippen molar-refractivity contribution in [3.8, 4) is 0 Å². The fourth-order valence-electron chi connectivity index (χ4n) is 2.40. The van der Waals surface area contributed by atoms with Crippen molar-refractivity contribution in [3.63, 3.8) is 0 Å². The molecule has 1 aromatic heterocycles. The second-order valence-corrected chi connectivity index (χ2v) is 5.64. The van der Waals surface area contributed by atoms with E-state index in [9.17, 15) is 9.18 Å². The van der Waals surface area contributed by atoms with Crippen LogP contribution in [0.1, 0.15) is 11.3 Å². The Morgan fingerprint density at radius 1 is 1.38 bits per heavy atom. The number of carbonyl (C=O) groups is 1. The molecule has 0 radical (unpaired) electrons. The highest BCUT2D eigenvalue weighted by molar-refractivity contribution is 9.10. The molecule has 1 aromatic carbocycles. The van der Waals surface area contributed by atoms with Gasteiger partial charge in [-0.15, -0.1) is 0 Å². The molecule has 0 saturated heterocycles. The first-order valence-electron chi connectivity index (χ1n) is 6.49. The minimum atomic E-state index is -0.276. The van der Waals surface area contributed by atoms with E-state index in [1.54, 1.807) is 23.2 Å². The van der Waals surface area contributed by atoms with Crippen LogP contribution in [0.4, 0.5) is 10.1 Å². The van der Waals surface area contributed by atoms with E-state index < -0.39 is 0 Å². The van der Waals surface area contributed by atoms with Gasteiger partial charge in [-0.1, -0.05) is 12.1 Å². The van der Waals surface area contributed by atoms with Gasteiger partial charge < -0.3 is 4.90 Å². The van der Waals surface area contributed by atoms with Gasteiger partial charge in [-0.3, -0.25) is 9.78 Å². The third-order valence-electron chi connectivity index (χ3n) is 3.44. The third kappa shape index (κ3) is 2.74. The van der Waals surface area contributed by atoms with Gasteiger partial charge in [0.25, 0.3) is 0 Å². The molecule has 0 unspecified atom stereocenters. The molecule has 0 atom stereocenters. The van der Waals surface area contributed by atoms with Crippen LogP contribution in [0, 0.1) is 5.82 Å². The zero-order chi connectivity index (χ0) is 14.8. The summed E-state index contributed by atoms with van der Waals surface area (Å²) < 4.78 is 13.7. The van der Waals surface area contributed by atoms with Crippen LogP contribution in [-0.4, -0.2) is 17.9 Å². The number of aromatic nitrogens is 1. The Hall–Kier alpha value is -2.01. The van der Waals surface area contributed by atoms with Crippen molar-refractivity contribution in [2.45, 2.75) is 6.42 Å². The largest absolute Gasteiger partial charge is 0.309 e. The molecule has 0 saturated carbocycles. The molecule has 0 fully saturated rings. The third-order valence-corrected chi connectivity index (χ3v) is 4.05. The molecule has 21 heavy (non-hydrogen) atoms. The smallest absolute Gasteiger partial charge is 0.214 e. The van der Waals surface area contributed by atoms with Gasteiger partial charge in [0.2, 0.25) is 6.41 Å². The summed E-state index contributed by atoms with van der Waals surface area (Å²) in [4.78, 5) is 17.1. The number of rotatable bonds is 3. The molecule has 3 nitrogen and oxygen atoms in total. The van der Waals surface area contributed by atoms with E-state index in [2.05, 4.69) is 20.9 Å². The van der Waals surface area contributed by atoms with Crippen molar-refractivity contribution < 1.29 is 9.18 Å². The molecule has 2 heterocycles. The Balaban J connectivity index is 1.94. The summed E-state index contributed by atoms with van der Waals surface area (Å²) in [6.07, 6.45) is 5.15. The van der Waals surface area contributed by atoms with Crippen molar-refractivity contribution >= 4 is 33.6 Å². The van der Waals surface area contributed by atoms with Crippen molar-refractivity contribution in [1.29, 1.82) is 0 Å². The first-order chi connectivity index (χ1) is 10.2. The zero-order valence-corrected chi connectivity index (χ0v) is 12.7. The van der Waals surface area contributed by atoms with E-state index in [0.29, 0.717) is 17.4 Å². The molecular formula is C16H12BrFN2O. The number of allylic oxidation sites excluding steroid dienone is 1. The number of fused-ring (bicyclic) bond motifs is 1. The summed E-state index contributed by atoms with van der Waals surface area (Å²) in [5.41, 5.74) is 3.65. The summed E-state index contributed by atoms with van der Waals surface area (Å²) in [5, 5.41) is 0. The lowest BCUT2D eigenvalue weighted by Gasteiger charge is -2.25. The van der Waals surface area contributed by atoms with Gasteiger partial charge in [0, 0.05) is 12.7 Å². The number of hydrogen-bond acceptors (Lipinski definition) is 2. The number of amides is 1. The van der Waals surface area contributed by atoms with Crippen molar-refractivity contribution in [3.05, 3.63) is 64.2 Å². The molecule has 0 spiro atoms. The topological polar surface area (TPSA) is 33.2 Å². The summed E-state index contributed by atoms with van der Waals surface area (Å²) in [6, 6.07) is 8.66. The van der Waals surface area contributed by atoms with E-state index >= 15 is 0 Å². The van der Waals surface area contributed by atoms with Crippen LogP contribution >= 0.6 is 15.9 Å². The Morgan fingerprint density at radius 3 is 3.00 bits per heavy atom. The number of hydrogen-bond donors (Lipinski definition) is 0. The van der Waals surface area contributed by atoms with Crippen LogP contribution in [0.15, 0.2) is 47.1 Å². The summed E-state index contributed by atoms with van der Waals surface area (Å²) in [5.74, 6) is -0.276. The van der Waals surface area contributed by atoms with Gasteiger partial charge in [-0.05, 0) is 57.8 Å². The van der Waals surface area contributed by atoms with Crippen LogP contribution in [0.25, 0.3) is 5.57 Å². The number of carbonyl (C=O) groups excluding carboxylic acids is 1. The van der Waals surface area contributed by atoms with E-state index in [1.807, 2.05) is 18.2 Å². The van der Waals surface area contributed by atoms with Crippen molar-refractivity contribution in [2.75, 3.05) is 11.4 Å². The monoisotopic (exact) mass is 346 g/mol. The molecule has 3 rings (SSSR count). The van der Waals surface area contributed by atoms with Gasteiger partial charge in [0.15, 0.2) is 0 Å². The molecule has 1 amide bonds. The molecule has 1 aliphatic heterocycles. The molecule has 5 heteroatoms. The van der Waals surface area contributed by atoms with Crippen molar-refractivity contribution in [2.24, 2.45) is 0 Å². The van der Waals surface area contributed by atoms with Crippen molar-refractivity contribution in [1.82, 2.24) is 4.98 Å². The van der Waals surface area contributed by atoms with E-state index in [-0.39, 0.29) is 5.82 Å². The molecular weight excluding hydrogens is 335 g/mol. The molecule has 106 valence electrons. The summed E-state index contributed by atoms with van der Waals surface area (Å²) >= 11 is 3.20. The summed E-state index contributed by atoms with van der Waals surface area (Å²) in [6.45, 7) is 0.528. The van der Waals surface area contributed by atoms with Crippen LogP contribution in [0.5, 0.6) is 0 Å². The number of benzene rings is 1. The van der Waals surface area contributed by atoms with Crippen LogP contribution in [0.2, 0.25) is 0 Å². The SMILES string of the molecule is O=CN1CC=C(Cc2ccc(F)c(Br)c2)c2ncccc21. The lowest BCUT2D eigenvalue weighted by atomic mass is 9.98. The average molecular weight is 347 g/mol. The molecule has 1 aliphatic rings. The zero-order valence-electron chi connectivity index (χ0n) is 11.1. The first kappa shape index (κ1) is 13.9. The van der Waals surface area contributed by atoms with E-state index in [1.165, 1.54) is 6.07 Å². The molecule has 0 aliphatic carbocycles. The van der Waals surface area contributed by atoms with Crippen LogP contribution < -0.4 is 4.90 Å². The maximum Gasteiger partial charge on any atom is 0.214 e. The van der Waals surface area contributed by atoms with Crippen LogP contribution in [0.3, 0.4) is 0 Å². The molecule has 0 N–H and O–H groups in total. The predicted octanol–water partition coefficient (Wildman–Crippen LogP) is 3.59. The highest BCUT2D eigenvalue weighted by atomic mass is 79.9. The second kappa shape index (κ2) is 5.77. The van der Waals surface area contributed by atoms with Gasteiger partial charge in [0.1, 0.15) is 5.82 Å². The molecule has 2 aromatic rings. The van der Waals surface area contributed by atoms with Gasteiger partial charge in [-0.25, -0.2) is 4.39 Å². The average Bonchev–Trinajstić information content (AvgIpc) is 2.51. The van der Waals surface area contributed by atoms with Gasteiger partial charge in [0.05, 0.1) is 15.9 Å². The predicted molar refractivity (Wildman–Crippen MR) is 83.4 cm³/mol. The highest BCUT2D eigenvalue weighted by Gasteiger charge is 2.19. The maximum absolute atomic E-state index is 13.3. The second-order valence-electron chi connectivity index (χ2n) is 4.78. The van der Waals surface area contributed by atoms with Gasteiger partial charge >= 0.3 is 0 Å². The minimum Gasteiger partial charge on any atom is -0.309 e. The summed E-state index contributed by atoms with van der Waals surface area (Å²) in [7, 11) is 0. The fourth-order valence-corrected chi connectivity index (χ4v) is 2.83. The van der Waals surface area contributed by atoms with E-state index in [0.717, 1.165) is 28.9 Å². The number of anilines is 1. The Morgan fingerprint density at radius 2 is 2.24 bits per heavy atom. The quantitative estimate of drug-likeness (QED) is 0.795. The normalized spacial score (nSPS) is 13.6. The maximum atomic E-state index is 13.3. The lowest BCUT2D eigenvalue weighted by molar-refractivity contribution is -0.107. The molecule has 0 bridgehead atoms. The lowest BCUT2D eigenvalue weighted by Crippen LogP contribution is -2.26. The number of halogens is 2. The fraction of sp³-hybridized carbons (Fsp3) is 0.125. The number of pyridine rings is 1. The standard InChI is InChI=1S/C16H12BrFN2O/c17-13-9-11(3-4-14(13)18)8-12-5-7-20(10-21)15-2-1-6-19-16(12)15/h1-6,9-10H,7-8H2. The number of nitrogens with zero attached hydrogens (tertiary/aromatic N) is 2. The Bertz CT molecular complexity index is 730. The Kier molecular flexibility index (Phi) is 3.84. The highest BCUT2D eigenvalue weighted by Crippen LogP contribution is 2.31. The first-order valence-corrected chi connectivity index (χ1v) is 7.28. The van der Waals surface area contributed by atoms with Gasteiger partial charge in [-0.2, -0.15) is 0 Å². The van der Waals surface area contributed by atoms with E-state index in [4.69, 9.17) is 0 Å². The minimum absolute atomic E-state index is 0.276. The Labute approximate surface area is 130 Å².